The summed E-state index contributed by atoms with van der Waals surface area (Å²) < 4.78 is 11.5. The number of benzene rings is 2. The molecule has 0 unspecified atom stereocenters. The van der Waals surface area contributed by atoms with E-state index in [4.69, 9.17) is 21.1 Å². The zero-order valence-electron chi connectivity index (χ0n) is 14.6. The lowest BCUT2D eigenvalue weighted by Gasteiger charge is -2.15. The van der Waals surface area contributed by atoms with Crippen LogP contribution in [0.25, 0.3) is 0 Å². The van der Waals surface area contributed by atoms with E-state index in [2.05, 4.69) is 5.32 Å². The normalized spacial score (nSPS) is 14.3. The molecule has 3 rings (SSSR count). The molecule has 0 aromatic heterocycles. The van der Waals surface area contributed by atoms with Crippen LogP contribution in [0.15, 0.2) is 36.4 Å². The van der Waals surface area contributed by atoms with E-state index in [1.54, 1.807) is 25.3 Å². The third-order valence-electron chi connectivity index (χ3n) is 3.90. The topological polar surface area (TPSA) is 47.6 Å². The molecule has 0 atom stereocenters. The number of nitrogens with one attached hydrogen (secondary N) is 1. The van der Waals surface area contributed by atoms with E-state index in [1.807, 2.05) is 48.6 Å². The molecule has 7 heteroatoms. The van der Waals surface area contributed by atoms with Crippen LogP contribution in [0, 0.1) is 6.92 Å². The molecule has 1 fully saturated rings. The second-order valence-electron chi connectivity index (χ2n) is 5.78. The molecule has 1 aliphatic heterocycles. The number of aryl methyl sites for hydroxylation is 1. The van der Waals surface area contributed by atoms with Crippen molar-refractivity contribution in [2.24, 2.45) is 0 Å². The second kappa shape index (κ2) is 8.93. The van der Waals surface area contributed by atoms with Gasteiger partial charge in [-0.15, -0.1) is 23.5 Å². The van der Waals surface area contributed by atoms with Gasteiger partial charge in [-0.25, -0.2) is 0 Å². The van der Waals surface area contributed by atoms with Gasteiger partial charge in [-0.1, -0.05) is 17.7 Å². The third kappa shape index (κ3) is 4.81. The first-order valence-electron chi connectivity index (χ1n) is 8.17. The first kappa shape index (κ1) is 19.3. The van der Waals surface area contributed by atoms with E-state index in [0.717, 1.165) is 11.3 Å². The van der Waals surface area contributed by atoms with Crippen molar-refractivity contribution in [1.82, 2.24) is 0 Å². The van der Waals surface area contributed by atoms with E-state index in [9.17, 15) is 4.79 Å². The van der Waals surface area contributed by atoms with E-state index < -0.39 is 0 Å². The van der Waals surface area contributed by atoms with Gasteiger partial charge >= 0.3 is 0 Å². The second-order valence-corrected chi connectivity index (χ2v) is 8.94. The summed E-state index contributed by atoms with van der Waals surface area (Å²) in [4.78, 5) is 12.2. The number of ether oxygens (including phenoxy) is 2. The Labute approximate surface area is 167 Å². The predicted octanol–water partition coefficient (Wildman–Crippen LogP) is 5.15. The highest BCUT2D eigenvalue weighted by Crippen LogP contribution is 2.46. The van der Waals surface area contributed by atoms with Crippen molar-refractivity contribution in [3.8, 4) is 11.5 Å². The van der Waals surface area contributed by atoms with E-state index in [-0.39, 0.29) is 12.5 Å². The van der Waals surface area contributed by atoms with Gasteiger partial charge in [0.15, 0.2) is 18.1 Å². The van der Waals surface area contributed by atoms with Crippen molar-refractivity contribution in [2.75, 3.05) is 30.5 Å². The molecule has 1 N–H and O–H groups in total. The molecule has 0 spiro atoms. The van der Waals surface area contributed by atoms with Crippen molar-refractivity contribution >= 4 is 46.7 Å². The maximum Gasteiger partial charge on any atom is 0.262 e. The summed E-state index contributed by atoms with van der Waals surface area (Å²) in [5.74, 6) is 3.31. The molecule has 2 aromatic rings. The first-order valence-corrected chi connectivity index (χ1v) is 10.6. The van der Waals surface area contributed by atoms with Crippen LogP contribution in [0.4, 0.5) is 5.69 Å². The van der Waals surface area contributed by atoms with Crippen LogP contribution in [0.1, 0.15) is 15.7 Å². The summed E-state index contributed by atoms with van der Waals surface area (Å²) in [6.45, 7) is 1.80. The number of carbonyl (C=O) groups excluding carboxylic acids is 1. The Morgan fingerprint density at radius 3 is 2.65 bits per heavy atom. The van der Waals surface area contributed by atoms with Crippen molar-refractivity contribution in [1.29, 1.82) is 0 Å². The number of anilines is 1. The van der Waals surface area contributed by atoms with Gasteiger partial charge in [0.05, 0.1) is 11.7 Å². The van der Waals surface area contributed by atoms with Crippen LogP contribution >= 0.6 is 35.1 Å². The van der Waals surface area contributed by atoms with Gasteiger partial charge in [0.1, 0.15) is 0 Å². The van der Waals surface area contributed by atoms with Gasteiger partial charge in [0, 0.05) is 22.2 Å². The fourth-order valence-corrected chi connectivity index (χ4v) is 5.66. The summed E-state index contributed by atoms with van der Waals surface area (Å²) in [6.07, 6.45) is 0. The largest absolute Gasteiger partial charge is 0.493 e. The summed E-state index contributed by atoms with van der Waals surface area (Å²) >= 11 is 9.80. The molecule has 1 aliphatic rings. The van der Waals surface area contributed by atoms with E-state index >= 15 is 0 Å². The third-order valence-corrected chi connectivity index (χ3v) is 7.24. The van der Waals surface area contributed by atoms with Crippen LogP contribution in [0.3, 0.4) is 0 Å². The van der Waals surface area contributed by atoms with Crippen LogP contribution in [-0.4, -0.2) is 31.1 Å². The zero-order chi connectivity index (χ0) is 18.5. The highest BCUT2D eigenvalue weighted by Gasteiger charge is 2.20. The zero-order valence-corrected chi connectivity index (χ0v) is 17.0. The molecular weight excluding hydrogens is 390 g/mol. The highest BCUT2D eigenvalue weighted by molar-refractivity contribution is 8.19. The van der Waals surface area contributed by atoms with Gasteiger partial charge in [0.25, 0.3) is 5.91 Å². The van der Waals surface area contributed by atoms with Crippen molar-refractivity contribution in [3.05, 3.63) is 52.5 Å². The number of halogens is 1. The average molecular weight is 410 g/mol. The molecular formula is C19H20ClNO3S2. The van der Waals surface area contributed by atoms with Crippen LogP contribution in [0.5, 0.6) is 11.5 Å². The smallest absolute Gasteiger partial charge is 0.262 e. The number of carbonyl (C=O) groups is 1. The number of hydrogen-bond acceptors (Lipinski definition) is 5. The lowest BCUT2D eigenvalue weighted by Crippen LogP contribution is -2.20. The number of hydrogen-bond donors (Lipinski definition) is 1. The number of amides is 1. The Hall–Kier alpha value is -1.50. The quantitative estimate of drug-likeness (QED) is 0.714. The summed E-state index contributed by atoms with van der Waals surface area (Å²) in [5.41, 5.74) is 2.84. The fourth-order valence-electron chi connectivity index (χ4n) is 2.60. The van der Waals surface area contributed by atoms with Gasteiger partial charge in [0.2, 0.25) is 0 Å². The molecule has 0 radical (unpaired) electrons. The number of methoxy groups -OCH3 is 1. The van der Waals surface area contributed by atoms with Crippen LogP contribution in [-0.2, 0) is 4.79 Å². The van der Waals surface area contributed by atoms with E-state index in [1.165, 1.54) is 17.1 Å². The number of rotatable bonds is 6. The molecule has 4 nitrogen and oxygen atoms in total. The average Bonchev–Trinajstić information content (AvgIpc) is 3.17. The maximum atomic E-state index is 12.2. The molecule has 1 amide bonds. The molecule has 1 saturated heterocycles. The van der Waals surface area contributed by atoms with Gasteiger partial charge in [-0.05, 0) is 48.4 Å². The Kier molecular flexibility index (Phi) is 6.62. The van der Waals surface area contributed by atoms with Crippen molar-refractivity contribution in [3.63, 3.8) is 0 Å². The van der Waals surface area contributed by atoms with Crippen molar-refractivity contribution in [2.45, 2.75) is 11.5 Å². The number of thioether (sulfide) groups is 2. The Bertz CT molecular complexity index is 794. The predicted molar refractivity (Wildman–Crippen MR) is 111 cm³/mol. The van der Waals surface area contributed by atoms with Gasteiger partial charge in [-0.3, -0.25) is 4.79 Å². The van der Waals surface area contributed by atoms with Gasteiger partial charge in [-0.2, -0.15) is 0 Å². The monoisotopic (exact) mass is 409 g/mol. The Morgan fingerprint density at radius 2 is 1.96 bits per heavy atom. The fraction of sp³-hybridized carbons (Fsp3) is 0.316. The van der Waals surface area contributed by atoms with Crippen LogP contribution < -0.4 is 14.8 Å². The molecule has 138 valence electrons. The standard InChI is InChI=1S/C19H20ClNO3S2/c1-12-9-14(20)4-5-15(12)21-18(22)11-24-16-6-3-13(10-17(16)23-2)19-25-7-8-26-19/h3-6,9-10,19H,7-8,11H2,1-2H3,(H,21,22). The summed E-state index contributed by atoms with van der Waals surface area (Å²) in [5, 5.41) is 3.47. The minimum Gasteiger partial charge on any atom is -0.493 e. The summed E-state index contributed by atoms with van der Waals surface area (Å²) in [6, 6.07) is 11.2. The van der Waals surface area contributed by atoms with Gasteiger partial charge < -0.3 is 14.8 Å². The lowest BCUT2D eigenvalue weighted by atomic mass is 10.2. The molecule has 26 heavy (non-hydrogen) atoms. The summed E-state index contributed by atoms with van der Waals surface area (Å²) in [7, 11) is 1.61. The molecule has 1 heterocycles. The molecule has 0 aliphatic carbocycles. The van der Waals surface area contributed by atoms with Crippen LogP contribution in [0.2, 0.25) is 5.02 Å². The minimum atomic E-state index is -0.233. The lowest BCUT2D eigenvalue weighted by molar-refractivity contribution is -0.118. The van der Waals surface area contributed by atoms with Crippen molar-refractivity contribution < 1.29 is 14.3 Å². The van der Waals surface area contributed by atoms with E-state index in [0.29, 0.717) is 21.1 Å². The highest BCUT2D eigenvalue weighted by atomic mass is 35.5. The molecule has 2 aromatic carbocycles. The minimum absolute atomic E-state index is 0.0926. The Morgan fingerprint density at radius 1 is 1.19 bits per heavy atom. The first-order chi connectivity index (χ1) is 12.6. The molecule has 0 bridgehead atoms. The molecule has 0 saturated carbocycles. The Balaban J connectivity index is 1.62. The maximum absolute atomic E-state index is 12.2. The SMILES string of the molecule is COc1cc(C2SCCS2)ccc1OCC(=O)Nc1ccc(Cl)cc1C.